The number of nitro groups is 1. The molecule has 1 amide bonds. The molecule has 1 aromatic heterocycles. The fourth-order valence-corrected chi connectivity index (χ4v) is 3.61. The summed E-state index contributed by atoms with van der Waals surface area (Å²) in [5.74, 6) is -0.222. The van der Waals surface area contributed by atoms with Gasteiger partial charge in [-0.1, -0.05) is 17.7 Å². The lowest BCUT2D eigenvalue weighted by Gasteiger charge is -2.08. The molecule has 0 aliphatic rings. The quantitative estimate of drug-likeness (QED) is 0.412. The summed E-state index contributed by atoms with van der Waals surface area (Å²) in [7, 11) is 0. The Balaban J connectivity index is 1.72. The molecule has 0 saturated heterocycles. The number of halogens is 1. The van der Waals surface area contributed by atoms with E-state index in [-0.39, 0.29) is 22.2 Å². The molecule has 25 heavy (non-hydrogen) atoms. The number of carbonyl (C=O) groups excluding carboxylic acids is 2. The van der Waals surface area contributed by atoms with E-state index in [4.69, 9.17) is 16.3 Å². The fraction of sp³-hybridized carbons (Fsp3) is 0.200. The van der Waals surface area contributed by atoms with Crippen LogP contribution in [0.4, 0.5) is 11.4 Å². The number of hydrogen-bond donors (Lipinski definition) is 1. The molecule has 0 spiro atoms. The van der Waals surface area contributed by atoms with Gasteiger partial charge in [0.15, 0.2) is 6.61 Å². The van der Waals surface area contributed by atoms with Crippen LogP contribution >= 0.6 is 34.7 Å². The number of esters is 1. The first-order valence-corrected chi connectivity index (χ1v) is 9.36. The first-order chi connectivity index (χ1) is 12.0. The lowest BCUT2D eigenvalue weighted by atomic mass is 10.3. The Kier molecular flexibility index (Phi) is 7.23. The second kappa shape index (κ2) is 9.40. The molecule has 0 saturated carbocycles. The zero-order valence-electron chi connectivity index (χ0n) is 12.8. The topological polar surface area (TPSA) is 98.5 Å². The van der Waals surface area contributed by atoms with Gasteiger partial charge in [0, 0.05) is 22.8 Å². The predicted octanol–water partition coefficient (Wildman–Crippen LogP) is 3.72. The Bertz CT molecular complexity index is 767. The van der Waals surface area contributed by atoms with Crippen molar-refractivity contribution in [2.45, 2.75) is 5.75 Å². The van der Waals surface area contributed by atoms with Gasteiger partial charge in [-0.25, -0.2) is 0 Å². The predicted molar refractivity (Wildman–Crippen MR) is 98.2 cm³/mol. The number of nitrogens with one attached hydrogen (secondary N) is 1. The number of nitro benzene ring substituents is 1. The number of anilines is 1. The van der Waals surface area contributed by atoms with Crippen LogP contribution in [0.5, 0.6) is 0 Å². The van der Waals surface area contributed by atoms with Crippen molar-refractivity contribution in [2.75, 3.05) is 17.7 Å². The van der Waals surface area contributed by atoms with Crippen molar-refractivity contribution >= 4 is 58.0 Å². The first-order valence-electron chi connectivity index (χ1n) is 6.95. The van der Waals surface area contributed by atoms with E-state index >= 15 is 0 Å². The van der Waals surface area contributed by atoms with Crippen LogP contribution in [0.3, 0.4) is 0 Å². The second-order valence-corrected chi connectivity index (χ2v) is 7.13. The van der Waals surface area contributed by atoms with E-state index in [0.29, 0.717) is 5.75 Å². The molecule has 0 aliphatic heterocycles. The van der Waals surface area contributed by atoms with Gasteiger partial charge in [0.2, 0.25) is 0 Å². The van der Waals surface area contributed by atoms with Crippen molar-refractivity contribution < 1.29 is 19.2 Å². The Morgan fingerprint density at radius 1 is 1.36 bits per heavy atom. The van der Waals surface area contributed by atoms with Crippen LogP contribution in [-0.2, 0) is 20.1 Å². The largest absolute Gasteiger partial charge is 0.455 e. The molecule has 1 heterocycles. The highest BCUT2D eigenvalue weighted by Gasteiger charge is 2.13. The van der Waals surface area contributed by atoms with Crippen LogP contribution in [0.2, 0.25) is 5.02 Å². The number of rotatable bonds is 8. The van der Waals surface area contributed by atoms with E-state index in [1.807, 2.05) is 17.5 Å². The molecule has 132 valence electrons. The molecule has 10 heteroatoms. The zero-order chi connectivity index (χ0) is 18.2. The highest BCUT2D eigenvalue weighted by molar-refractivity contribution is 7.99. The molecule has 0 fully saturated rings. The maximum atomic E-state index is 11.8. The summed E-state index contributed by atoms with van der Waals surface area (Å²) in [6, 6.07) is 7.58. The molecule has 1 N–H and O–H groups in total. The number of carbonyl (C=O) groups is 2. The van der Waals surface area contributed by atoms with Gasteiger partial charge in [-0.05, 0) is 17.5 Å². The lowest BCUT2D eigenvalue weighted by molar-refractivity contribution is -0.384. The van der Waals surface area contributed by atoms with E-state index in [9.17, 15) is 19.7 Å². The minimum Gasteiger partial charge on any atom is -0.455 e. The summed E-state index contributed by atoms with van der Waals surface area (Å²) in [6.45, 7) is -0.453. The SMILES string of the molecule is O=C(COC(=O)CSCc1cccs1)Nc1ccc([N+](=O)[O-])cc1Cl. The molecular weight excluding hydrogens is 388 g/mol. The third kappa shape index (κ3) is 6.37. The third-order valence-electron chi connectivity index (χ3n) is 2.85. The smallest absolute Gasteiger partial charge is 0.316 e. The Morgan fingerprint density at radius 2 is 2.16 bits per heavy atom. The normalized spacial score (nSPS) is 10.3. The second-order valence-electron chi connectivity index (χ2n) is 4.70. The van der Waals surface area contributed by atoms with Gasteiger partial charge in [-0.2, -0.15) is 0 Å². The Morgan fingerprint density at radius 3 is 2.80 bits per heavy atom. The lowest BCUT2D eigenvalue weighted by Crippen LogP contribution is -2.21. The van der Waals surface area contributed by atoms with Crippen LogP contribution in [-0.4, -0.2) is 29.2 Å². The number of non-ortho nitro benzene ring substituents is 1. The highest BCUT2D eigenvalue weighted by Crippen LogP contribution is 2.26. The summed E-state index contributed by atoms with van der Waals surface area (Å²) in [6.07, 6.45) is 0. The van der Waals surface area contributed by atoms with E-state index < -0.39 is 23.4 Å². The monoisotopic (exact) mass is 400 g/mol. The van der Waals surface area contributed by atoms with Gasteiger partial charge in [0.25, 0.3) is 11.6 Å². The number of hydrogen-bond acceptors (Lipinski definition) is 7. The van der Waals surface area contributed by atoms with Gasteiger partial charge >= 0.3 is 5.97 Å². The van der Waals surface area contributed by atoms with Crippen LogP contribution in [0.25, 0.3) is 0 Å². The van der Waals surface area contributed by atoms with E-state index in [1.165, 1.54) is 23.9 Å². The number of benzene rings is 1. The van der Waals surface area contributed by atoms with E-state index in [0.717, 1.165) is 10.9 Å². The molecule has 0 radical (unpaired) electrons. The molecule has 0 bridgehead atoms. The number of thiophene rings is 1. The van der Waals surface area contributed by atoms with Crippen molar-refractivity contribution in [3.63, 3.8) is 0 Å². The molecule has 7 nitrogen and oxygen atoms in total. The Labute approximate surface area is 156 Å². The molecule has 2 aromatic rings. The number of nitrogens with zero attached hydrogens (tertiary/aromatic N) is 1. The maximum absolute atomic E-state index is 11.8. The molecule has 2 rings (SSSR count). The van der Waals surface area contributed by atoms with Crippen LogP contribution in [0, 0.1) is 10.1 Å². The summed E-state index contributed by atoms with van der Waals surface area (Å²) in [5, 5.41) is 15.0. The number of thioether (sulfide) groups is 1. The average molecular weight is 401 g/mol. The maximum Gasteiger partial charge on any atom is 0.316 e. The third-order valence-corrected chi connectivity index (χ3v) is 5.17. The van der Waals surface area contributed by atoms with Crippen molar-refractivity contribution in [3.05, 3.63) is 55.7 Å². The number of ether oxygens (including phenoxy) is 1. The zero-order valence-corrected chi connectivity index (χ0v) is 15.2. The average Bonchev–Trinajstić information content (AvgIpc) is 3.08. The van der Waals surface area contributed by atoms with Gasteiger partial charge < -0.3 is 10.1 Å². The highest BCUT2D eigenvalue weighted by atomic mass is 35.5. The van der Waals surface area contributed by atoms with Crippen molar-refractivity contribution in [2.24, 2.45) is 0 Å². The summed E-state index contributed by atoms with van der Waals surface area (Å²) < 4.78 is 4.88. The fourth-order valence-electron chi connectivity index (χ4n) is 1.72. The van der Waals surface area contributed by atoms with Gasteiger partial charge in [-0.15, -0.1) is 23.1 Å². The van der Waals surface area contributed by atoms with Gasteiger partial charge in [-0.3, -0.25) is 19.7 Å². The standard InChI is InChI=1S/C15H13ClN2O5S2/c16-12-6-10(18(21)22)3-4-13(12)17-14(19)7-23-15(20)9-24-8-11-2-1-5-25-11/h1-6H,7-9H2,(H,17,19). The van der Waals surface area contributed by atoms with Crippen molar-refractivity contribution in [1.29, 1.82) is 0 Å². The molecule has 0 aliphatic carbocycles. The molecular formula is C15H13ClN2O5S2. The van der Waals surface area contributed by atoms with Gasteiger partial charge in [0.05, 0.1) is 21.4 Å². The summed E-state index contributed by atoms with van der Waals surface area (Å²) in [4.78, 5) is 34.5. The molecule has 0 atom stereocenters. The van der Waals surface area contributed by atoms with Crippen LogP contribution in [0.15, 0.2) is 35.7 Å². The molecule has 0 unspecified atom stereocenters. The summed E-state index contributed by atoms with van der Waals surface area (Å²) in [5.41, 5.74) is 0.0255. The van der Waals surface area contributed by atoms with E-state index in [2.05, 4.69) is 5.32 Å². The van der Waals surface area contributed by atoms with E-state index in [1.54, 1.807) is 11.3 Å². The van der Waals surface area contributed by atoms with Crippen LogP contribution in [0.1, 0.15) is 4.88 Å². The van der Waals surface area contributed by atoms with Crippen molar-refractivity contribution in [3.8, 4) is 0 Å². The minimum absolute atomic E-state index is 0.0281. The van der Waals surface area contributed by atoms with Gasteiger partial charge in [0.1, 0.15) is 0 Å². The minimum atomic E-state index is -0.590. The Hall–Kier alpha value is -2.10. The van der Waals surface area contributed by atoms with Crippen LogP contribution < -0.4 is 5.32 Å². The number of amides is 1. The first kappa shape index (κ1) is 19.2. The summed E-state index contributed by atoms with van der Waals surface area (Å²) >= 11 is 8.88. The van der Waals surface area contributed by atoms with Crippen molar-refractivity contribution in [1.82, 2.24) is 0 Å². The molecule has 1 aromatic carbocycles.